The molecule has 5 N–H and O–H groups in total. The molecule has 0 saturated heterocycles. The van der Waals surface area contributed by atoms with Crippen molar-refractivity contribution in [2.75, 3.05) is 10.7 Å². The van der Waals surface area contributed by atoms with E-state index in [1.165, 1.54) is 0 Å². The number of benzene rings is 1. The summed E-state index contributed by atoms with van der Waals surface area (Å²) >= 11 is 0. The molecule has 1 amide bonds. The molecule has 2 aromatic rings. The standard InChI is InChI=1S/C13H17N5O/c1-7-4-5-10(11(6-7)16-14)13(19)15-12-8(2)17-18-9(12)3/h4-6,16H,14H2,1-3H3,(H,15,19)(H,17,18). The largest absolute Gasteiger partial charge is 0.323 e. The fourth-order valence-electron chi connectivity index (χ4n) is 1.89. The molecule has 0 spiro atoms. The SMILES string of the molecule is Cc1ccc(C(=O)Nc2c(C)n[nH]c2C)c(NN)c1. The lowest BCUT2D eigenvalue weighted by Crippen LogP contribution is -2.18. The van der Waals surface area contributed by atoms with E-state index in [1.807, 2.05) is 32.9 Å². The molecule has 0 atom stereocenters. The zero-order valence-electron chi connectivity index (χ0n) is 11.2. The molecule has 0 saturated carbocycles. The third kappa shape index (κ3) is 2.58. The first-order chi connectivity index (χ1) is 9.02. The predicted molar refractivity (Wildman–Crippen MR) is 75.0 cm³/mol. The summed E-state index contributed by atoms with van der Waals surface area (Å²) in [5.74, 6) is 5.22. The van der Waals surface area contributed by atoms with Crippen LogP contribution < -0.4 is 16.6 Å². The maximum absolute atomic E-state index is 12.3. The number of H-pyrrole nitrogens is 1. The number of anilines is 2. The topological polar surface area (TPSA) is 95.8 Å². The molecule has 1 aromatic carbocycles. The Hall–Kier alpha value is -2.34. The maximum Gasteiger partial charge on any atom is 0.257 e. The molecule has 2 rings (SSSR count). The fourth-order valence-corrected chi connectivity index (χ4v) is 1.89. The van der Waals surface area contributed by atoms with E-state index in [4.69, 9.17) is 5.84 Å². The van der Waals surface area contributed by atoms with E-state index in [9.17, 15) is 4.79 Å². The highest BCUT2D eigenvalue weighted by atomic mass is 16.1. The molecule has 0 aliphatic heterocycles. The Morgan fingerprint density at radius 2 is 2.05 bits per heavy atom. The Morgan fingerprint density at radius 3 is 2.63 bits per heavy atom. The third-order valence-electron chi connectivity index (χ3n) is 2.94. The molecule has 1 heterocycles. The van der Waals surface area contributed by atoms with E-state index in [2.05, 4.69) is 20.9 Å². The maximum atomic E-state index is 12.3. The number of aromatic nitrogens is 2. The minimum Gasteiger partial charge on any atom is -0.323 e. The normalized spacial score (nSPS) is 10.3. The lowest BCUT2D eigenvalue weighted by molar-refractivity contribution is 0.102. The number of aromatic amines is 1. The van der Waals surface area contributed by atoms with Crippen LogP contribution in [-0.2, 0) is 0 Å². The third-order valence-corrected chi connectivity index (χ3v) is 2.94. The van der Waals surface area contributed by atoms with Crippen molar-refractivity contribution in [3.63, 3.8) is 0 Å². The summed E-state index contributed by atoms with van der Waals surface area (Å²) in [4.78, 5) is 12.3. The Balaban J connectivity index is 2.30. The van der Waals surface area contributed by atoms with Gasteiger partial charge in [-0.05, 0) is 38.5 Å². The number of carbonyl (C=O) groups excluding carboxylic acids is 1. The molecular weight excluding hydrogens is 242 g/mol. The first-order valence-electron chi connectivity index (χ1n) is 5.93. The number of carbonyl (C=O) groups is 1. The van der Waals surface area contributed by atoms with Gasteiger partial charge in [0.1, 0.15) is 0 Å². The van der Waals surface area contributed by atoms with Gasteiger partial charge < -0.3 is 10.7 Å². The van der Waals surface area contributed by atoms with Crippen molar-refractivity contribution >= 4 is 17.3 Å². The van der Waals surface area contributed by atoms with Crippen LogP contribution in [0.4, 0.5) is 11.4 Å². The fraction of sp³-hybridized carbons (Fsp3) is 0.231. The summed E-state index contributed by atoms with van der Waals surface area (Å²) in [7, 11) is 0. The molecule has 19 heavy (non-hydrogen) atoms. The zero-order chi connectivity index (χ0) is 14.0. The molecule has 1 aromatic heterocycles. The van der Waals surface area contributed by atoms with Gasteiger partial charge in [0, 0.05) is 0 Å². The Bertz CT molecular complexity index is 598. The number of nitrogen functional groups attached to an aromatic ring is 1. The Kier molecular flexibility index (Phi) is 3.52. The van der Waals surface area contributed by atoms with Crippen molar-refractivity contribution in [2.45, 2.75) is 20.8 Å². The number of hydrogen-bond donors (Lipinski definition) is 4. The van der Waals surface area contributed by atoms with Crippen molar-refractivity contribution < 1.29 is 4.79 Å². The Labute approximate surface area is 111 Å². The minimum atomic E-state index is -0.222. The molecule has 0 aliphatic carbocycles. The van der Waals surface area contributed by atoms with Gasteiger partial charge in [-0.2, -0.15) is 5.10 Å². The van der Waals surface area contributed by atoms with Crippen LogP contribution in [0.2, 0.25) is 0 Å². The van der Waals surface area contributed by atoms with Crippen molar-refractivity contribution in [2.24, 2.45) is 5.84 Å². The average molecular weight is 259 g/mol. The van der Waals surface area contributed by atoms with Gasteiger partial charge in [0.25, 0.3) is 5.91 Å². The van der Waals surface area contributed by atoms with Crippen molar-refractivity contribution in [3.8, 4) is 0 Å². The molecule has 100 valence electrons. The average Bonchev–Trinajstić information content (AvgIpc) is 2.70. The van der Waals surface area contributed by atoms with Crippen molar-refractivity contribution in [3.05, 3.63) is 40.7 Å². The highest BCUT2D eigenvalue weighted by Crippen LogP contribution is 2.21. The van der Waals surface area contributed by atoms with Crippen LogP contribution in [0.25, 0.3) is 0 Å². The van der Waals surface area contributed by atoms with E-state index in [1.54, 1.807) is 6.07 Å². The molecule has 6 nitrogen and oxygen atoms in total. The summed E-state index contributed by atoms with van der Waals surface area (Å²) in [6.07, 6.45) is 0. The lowest BCUT2D eigenvalue weighted by atomic mass is 10.1. The number of nitrogens with two attached hydrogens (primary N) is 1. The van der Waals surface area contributed by atoms with Crippen LogP contribution in [0.5, 0.6) is 0 Å². The molecule has 0 bridgehead atoms. The molecule has 0 fully saturated rings. The first-order valence-corrected chi connectivity index (χ1v) is 5.93. The second-order valence-corrected chi connectivity index (χ2v) is 4.46. The highest BCUT2D eigenvalue weighted by molar-refractivity contribution is 6.08. The van der Waals surface area contributed by atoms with Crippen LogP contribution in [0.1, 0.15) is 27.3 Å². The molecular formula is C13H17N5O. The lowest BCUT2D eigenvalue weighted by Gasteiger charge is -2.10. The van der Waals surface area contributed by atoms with Crippen LogP contribution >= 0.6 is 0 Å². The van der Waals surface area contributed by atoms with Gasteiger partial charge in [0.2, 0.25) is 0 Å². The summed E-state index contributed by atoms with van der Waals surface area (Å²) in [5.41, 5.74) is 6.93. The molecule has 0 aliphatic rings. The second kappa shape index (κ2) is 5.11. The van der Waals surface area contributed by atoms with E-state index >= 15 is 0 Å². The summed E-state index contributed by atoms with van der Waals surface area (Å²) < 4.78 is 0. The van der Waals surface area contributed by atoms with Gasteiger partial charge in [0.15, 0.2) is 0 Å². The monoisotopic (exact) mass is 259 g/mol. The van der Waals surface area contributed by atoms with Gasteiger partial charge in [-0.3, -0.25) is 15.7 Å². The van der Waals surface area contributed by atoms with Gasteiger partial charge in [-0.15, -0.1) is 0 Å². The van der Waals surface area contributed by atoms with E-state index in [0.29, 0.717) is 16.9 Å². The minimum absolute atomic E-state index is 0.222. The van der Waals surface area contributed by atoms with Crippen molar-refractivity contribution in [1.29, 1.82) is 0 Å². The summed E-state index contributed by atoms with van der Waals surface area (Å²) in [6.45, 7) is 5.62. The number of amides is 1. The van der Waals surface area contributed by atoms with Gasteiger partial charge in [-0.1, -0.05) is 6.07 Å². The number of nitrogens with zero attached hydrogens (tertiary/aromatic N) is 1. The Morgan fingerprint density at radius 1 is 1.32 bits per heavy atom. The quantitative estimate of drug-likeness (QED) is 0.500. The van der Waals surface area contributed by atoms with Crippen LogP contribution in [0, 0.1) is 20.8 Å². The number of aryl methyl sites for hydroxylation is 3. The summed E-state index contributed by atoms with van der Waals surface area (Å²) in [6, 6.07) is 5.43. The molecule has 0 radical (unpaired) electrons. The van der Waals surface area contributed by atoms with Gasteiger partial charge >= 0.3 is 0 Å². The van der Waals surface area contributed by atoms with E-state index in [-0.39, 0.29) is 5.91 Å². The number of hydrazine groups is 1. The predicted octanol–water partition coefficient (Wildman–Crippen LogP) is 1.87. The van der Waals surface area contributed by atoms with E-state index in [0.717, 1.165) is 17.0 Å². The van der Waals surface area contributed by atoms with Crippen LogP contribution in [0.3, 0.4) is 0 Å². The second-order valence-electron chi connectivity index (χ2n) is 4.46. The van der Waals surface area contributed by atoms with Gasteiger partial charge in [-0.25, -0.2) is 0 Å². The van der Waals surface area contributed by atoms with Crippen LogP contribution in [-0.4, -0.2) is 16.1 Å². The molecule has 0 unspecified atom stereocenters. The zero-order valence-corrected chi connectivity index (χ0v) is 11.2. The number of rotatable bonds is 3. The van der Waals surface area contributed by atoms with Crippen LogP contribution in [0.15, 0.2) is 18.2 Å². The van der Waals surface area contributed by atoms with Crippen molar-refractivity contribution in [1.82, 2.24) is 10.2 Å². The number of hydrogen-bond acceptors (Lipinski definition) is 4. The summed E-state index contributed by atoms with van der Waals surface area (Å²) in [5, 5.41) is 9.71. The molecule has 6 heteroatoms. The van der Waals surface area contributed by atoms with Gasteiger partial charge in [0.05, 0.1) is 28.3 Å². The number of nitrogens with one attached hydrogen (secondary N) is 3. The van der Waals surface area contributed by atoms with E-state index < -0.39 is 0 Å². The highest BCUT2D eigenvalue weighted by Gasteiger charge is 2.14. The smallest absolute Gasteiger partial charge is 0.257 e. The first kappa shape index (κ1) is 13.1.